The van der Waals surface area contributed by atoms with E-state index in [-0.39, 0.29) is 40.9 Å². The first-order valence-corrected chi connectivity index (χ1v) is 20.3. The largest absolute Gasteiger partial charge is 0.368 e. The molecular formula is C40H41ClN12O6. The Hall–Kier alpha value is -6.43. The number of piperazine rings is 1. The fourth-order valence-electron chi connectivity index (χ4n) is 8.51. The van der Waals surface area contributed by atoms with Crippen molar-refractivity contribution in [2.75, 3.05) is 41.7 Å². The van der Waals surface area contributed by atoms with Crippen LogP contribution in [0, 0.1) is 0 Å². The van der Waals surface area contributed by atoms with Crippen molar-refractivity contribution in [2.45, 2.75) is 76.3 Å². The summed E-state index contributed by atoms with van der Waals surface area (Å²) < 4.78 is 7.25. The molecule has 59 heavy (non-hydrogen) atoms. The number of imide groups is 1. The molecule has 4 aromatic heterocycles. The minimum atomic E-state index is -0.657. The summed E-state index contributed by atoms with van der Waals surface area (Å²) >= 11 is 6.57. The SMILES string of the molecule is O=C1CCC(N2Cc3cc(N4CCN(C(=O)CCCc5nc(-c6ncc(NC(=O)Nc7cnc8ccnn8c7C7CCCC7)cc6Cl)no5)CC4)ccc3C2=O)C(=O)N1. The van der Waals surface area contributed by atoms with E-state index >= 15 is 0 Å². The summed E-state index contributed by atoms with van der Waals surface area (Å²) in [6.45, 7) is 2.69. The van der Waals surface area contributed by atoms with Crippen molar-refractivity contribution >= 4 is 64.0 Å². The molecule has 4 aliphatic rings. The molecule has 1 aromatic carbocycles. The van der Waals surface area contributed by atoms with Crippen LogP contribution in [-0.2, 0) is 27.3 Å². The second kappa shape index (κ2) is 16.1. The number of nitrogens with zero attached hydrogens (tertiary/aromatic N) is 9. The van der Waals surface area contributed by atoms with E-state index in [1.54, 1.807) is 33.9 Å². The van der Waals surface area contributed by atoms with Gasteiger partial charge in [-0.15, -0.1) is 0 Å². The third-order valence-electron chi connectivity index (χ3n) is 11.5. The molecule has 1 aliphatic carbocycles. The van der Waals surface area contributed by atoms with Gasteiger partial charge in [0.1, 0.15) is 11.7 Å². The van der Waals surface area contributed by atoms with Gasteiger partial charge in [0.15, 0.2) is 5.65 Å². The molecule has 19 heteroatoms. The second-order valence-electron chi connectivity index (χ2n) is 15.2. The number of hydrogen-bond donors (Lipinski definition) is 3. The Bertz CT molecular complexity index is 2470. The number of carbonyl (C=O) groups is 5. The zero-order chi connectivity index (χ0) is 40.6. The van der Waals surface area contributed by atoms with Gasteiger partial charge < -0.3 is 29.9 Å². The maximum absolute atomic E-state index is 13.1. The summed E-state index contributed by atoms with van der Waals surface area (Å²) in [5, 5.41) is 16.8. The number of hydrogen-bond acceptors (Lipinski definition) is 12. The van der Waals surface area contributed by atoms with Crippen LogP contribution in [0.1, 0.15) is 84.8 Å². The van der Waals surface area contributed by atoms with Crippen LogP contribution in [0.4, 0.5) is 21.9 Å². The molecule has 1 saturated carbocycles. The van der Waals surface area contributed by atoms with E-state index in [1.165, 1.54) is 6.20 Å². The number of pyridine rings is 1. The molecule has 0 bridgehead atoms. The highest BCUT2D eigenvalue weighted by Crippen LogP contribution is 2.38. The molecule has 3 fully saturated rings. The second-order valence-corrected chi connectivity index (χ2v) is 15.7. The number of rotatable bonds is 10. The van der Waals surface area contributed by atoms with Gasteiger partial charge in [-0.05, 0) is 55.5 Å². The van der Waals surface area contributed by atoms with Gasteiger partial charge in [-0.1, -0.05) is 29.6 Å². The van der Waals surface area contributed by atoms with E-state index in [9.17, 15) is 24.0 Å². The lowest BCUT2D eigenvalue weighted by Gasteiger charge is -2.36. The van der Waals surface area contributed by atoms with Crippen LogP contribution in [0.2, 0.25) is 5.02 Å². The van der Waals surface area contributed by atoms with Crippen LogP contribution < -0.4 is 20.9 Å². The molecule has 7 heterocycles. The molecule has 3 aliphatic heterocycles. The molecule has 1 atom stereocenters. The first-order valence-electron chi connectivity index (χ1n) is 19.9. The maximum Gasteiger partial charge on any atom is 0.323 e. The quantitative estimate of drug-likeness (QED) is 0.166. The number of benzene rings is 1. The van der Waals surface area contributed by atoms with Gasteiger partial charge in [0.05, 0.1) is 40.7 Å². The number of urea groups is 1. The Kier molecular flexibility index (Phi) is 10.4. The lowest BCUT2D eigenvalue weighted by atomic mass is 10.0. The van der Waals surface area contributed by atoms with Gasteiger partial charge in [-0.3, -0.25) is 24.5 Å². The zero-order valence-electron chi connectivity index (χ0n) is 32.0. The number of nitrogens with one attached hydrogen (secondary N) is 3. The van der Waals surface area contributed by atoms with Crippen LogP contribution in [0.3, 0.4) is 0 Å². The molecule has 5 aromatic rings. The number of amides is 6. The fourth-order valence-corrected chi connectivity index (χ4v) is 8.76. The Balaban J connectivity index is 0.739. The summed E-state index contributed by atoms with van der Waals surface area (Å²) in [6, 6.07) is 7.96. The van der Waals surface area contributed by atoms with E-state index in [0.717, 1.165) is 48.3 Å². The molecule has 9 rings (SSSR count). The molecule has 2 saturated heterocycles. The molecule has 3 N–H and O–H groups in total. The van der Waals surface area contributed by atoms with Gasteiger partial charge in [0.2, 0.25) is 29.4 Å². The van der Waals surface area contributed by atoms with Gasteiger partial charge in [0, 0.05) is 75.2 Å². The highest BCUT2D eigenvalue weighted by atomic mass is 35.5. The van der Waals surface area contributed by atoms with Crippen LogP contribution in [0.15, 0.2) is 53.4 Å². The standard InChI is InChI=1S/C40H41ClN12O6/c41-28-19-25(45-40(58)46-29-21-42-31-12-13-44-53(31)36(29)23-4-1-2-5-23)20-43-35(28)37-48-33(59-49-37)6-3-7-34(55)51-16-14-50(15-17-51)26-8-9-27-24(18-26)22-52(39(27)57)30-10-11-32(54)47-38(30)56/h8-9,12-13,18-21,23,30H,1-7,10-11,14-17,22H2,(H2,45,46,58)(H,47,54,56). The van der Waals surface area contributed by atoms with Gasteiger partial charge in [-0.2, -0.15) is 10.1 Å². The summed E-state index contributed by atoms with van der Waals surface area (Å²) in [7, 11) is 0. The molecule has 0 radical (unpaired) electrons. The highest BCUT2D eigenvalue weighted by molar-refractivity contribution is 6.33. The summed E-state index contributed by atoms with van der Waals surface area (Å²) in [5.74, 6) is -0.0908. The Morgan fingerprint density at radius 3 is 2.59 bits per heavy atom. The fraction of sp³-hybridized carbons (Fsp3) is 0.400. The lowest BCUT2D eigenvalue weighted by Crippen LogP contribution is -2.52. The van der Waals surface area contributed by atoms with Crippen molar-refractivity contribution in [1.29, 1.82) is 0 Å². The molecular weight excluding hydrogens is 780 g/mol. The monoisotopic (exact) mass is 820 g/mol. The smallest absolute Gasteiger partial charge is 0.323 e. The van der Waals surface area contributed by atoms with Crippen molar-refractivity contribution in [1.82, 2.24) is 44.8 Å². The average Bonchev–Trinajstić information content (AvgIpc) is 4.07. The number of piperidine rings is 1. The van der Waals surface area contributed by atoms with Crippen molar-refractivity contribution in [3.8, 4) is 11.5 Å². The van der Waals surface area contributed by atoms with E-state index in [4.69, 9.17) is 16.1 Å². The predicted octanol–water partition coefficient (Wildman–Crippen LogP) is 4.56. The highest BCUT2D eigenvalue weighted by Gasteiger charge is 2.39. The molecule has 0 spiro atoms. The Morgan fingerprint density at radius 1 is 0.966 bits per heavy atom. The maximum atomic E-state index is 13.1. The molecule has 18 nitrogen and oxygen atoms in total. The molecule has 1 unspecified atom stereocenters. The van der Waals surface area contributed by atoms with E-state index < -0.39 is 18.0 Å². The minimum absolute atomic E-state index is 0.0358. The number of halogens is 1. The molecule has 304 valence electrons. The Morgan fingerprint density at radius 2 is 1.80 bits per heavy atom. The van der Waals surface area contributed by atoms with Crippen molar-refractivity contribution in [3.63, 3.8) is 0 Å². The molecule has 6 amide bonds. The van der Waals surface area contributed by atoms with Crippen molar-refractivity contribution in [3.05, 3.63) is 76.7 Å². The van der Waals surface area contributed by atoms with Crippen molar-refractivity contribution in [2.24, 2.45) is 0 Å². The lowest BCUT2D eigenvalue weighted by molar-refractivity contribution is -0.137. The predicted molar refractivity (Wildman–Crippen MR) is 214 cm³/mol. The van der Waals surface area contributed by atoms with E-state index in [0.29, 0.717) is 86.9 Å². The van der Waals surface area contributed by atoms with Crippen LogP contribution >= 0.6 is 11.6 Å². The number of carbonyl (C=O) groups excluding carboxylic acids is 5. The topological polar surface area (TPSA) is 213 Å². The summed E-state index contributed by atoms with van der Waals surface area (Å²) in [6.07, 6.45) is 10.9. The van der Waals surface area contributed by atoms with Gasteiger partial charge >= 0.3 is 6.03 Å². The summed E-state index contributed by atoms with van der Waals surface area (Å²) in [4.78, 5) is 82.2. The summed E-state index contributed by atoms with van der Waals surface area (Å²) in [5.41, 5.74) is 5.30. The van der Waals surface area contributed by atoms with Crippen LogP contribution in [0.5, 0.6) is 0 Å². The van der Waals surface area contributed by atoms with Crippen LogP contribution in [-0.4, -0.2) is 101 Å². The number of fused-ring (bicyclic) bond motifs is 2. The zero-order valence-corrected chi connectivity index (χ0v) is 32.8. The van der Waals surface area contributed by atoms with Gasteiger partial charge in [0.25, 0.3) is 5.91 Å². The Labute approximate surface area is 342 Å². The van der Waals surface area contributed by atoms with E-state index in [1.807, 2.05) is 23.1 Å². The third-order valence-corrected chi connectivity index (χ3v) is 11.8. The van der Waals surface area contributed by atoms with E-state index in [2.05, 4.69) is 46.1 Å². The minimum Gasteiger partial charge on any atom is -0.368 e. The van der Waals surface area contributed by atoms with Crippen molar-refractivity contribution < 1.29 is 28.5 Å². The third kappa shape index (κ3) is 7.79. The number of aryl methyl sites for hydroxylation is 1. The first-order chi connectivity index (χ1) is 28.7. The normalized spacial score (nSPS) is 18.4. The van der Waals surface area contributed by atoms with Crippen LogP contribution in [0.25, 0.3) is 17.2 Å². The average molecular weight is 821 g/mol. The number of aromatic nitrogens is 6. The first kappa shape index (κ1) is 38.1. The van der Waals surface area contributed by atoms with Gasteiger partial charge in [-0.25, -0.2) is 19.3 Å². The number of anilines is 3.